The lowest BCUT2D eigenvalue weighted by molar-refractivity contribution is -0.152. The Kier molecular flexibility index (Phi) is 7.78. The van der Waals surface area contributed by atoms with Gasteiger partial charge in [-0.1, -0.05) is 32.4 Å². The van der Waals surface area contributed by atoms with E-state index in [0.717, 1.165) is 12.5 Å². The second-order valence-corrected chi connectivity index (χ2v) is 5.74. The summed E-state index contributed by atoms with van der Waals surface area (Å²) >= 11 is 5.89. The van der Waals surface area contributed by atoms with Gasteiger partial charge in [0.25, 0.3) is 0 Å². The highest BCUT2D eigenvalue weighted by atomic mass is 35.5. The zero-order valence-electron chi connectivity index (χ0n) is 14.0. The van der Waals surface area contributed by atoms with Gasteiger partial charge in [-0.2, -0.15) is 0 Å². The van der Waals surface area contributed by atoms with E-state index < -0.39 is 24.0 Å². The quantitative estimate of drug-likeness (QED) is 0.742. The fourth-order valence-electron chi connectivity index (χ4n) is 1.77. The third-order valence-corrected chi connectivity index (χ3v) is 3.29. The van der Waals surface area contributed by atoms with Crippen molar-refractivity contribution in [3.63, 3.8) is 0 Å². The van der Waals surface area contributed by atoms with Gasteiger partial charge in [-0.25, -0.2) is 14.0 Å². The highest BCUT2D eigenvalue weighted by molar-refractivity contribution is 6.32. The number of rotatable bonds is 7. The molecule has 0 fully saturated rings. The molecule has 1 aromatic rings. The van der Waals surface area contributed by atoms with Crippen molar-refractivity contribution in [3.8, 4) is 5.75 Å². The lowest BCUT2D eigenvalue weighted by Crippen LogP contribution is -2.34. The molecule has 0 aromatic heterocycles. The summed E-state index contributed by atoms with van der Waals surface area (Å²) in [6.07, 6.45) is -1.34. The summed E-state index contributed by atoms with van der Waals surface area (Å²) in [5.74, 6) is -1.51. The fourth-order valence-corrected chi connectivity index (χ4v) is 1.98. The average Bonchev–Trinajstić information content (AvgIpc) is 2.53. The van der Waals surface area contributed by atoms with Crippen LogP contribution in [0.25, 0.3) is 0 Å². The largest absolute Gasteiger partial charge is 0.492 e. The number of nitrogens with one attached hydrogen (secondary N) is 1. The van der Waals surface area contributed by atoms with E-state index in [0.29, 0.717) is 6.61 Å². The van der Waals surface area contributed by atoms with Gasteiger partial charge in [0, 0.05) is 12.0 Å². The van der Waals surface area contributed by atoms with Gasteiger partial charge in [0.1, 0.15) is 11.6 Å². The van der Waals surface area contributed by atoms with Crippen LogP contribution in [0, 0.1) is 11.7 Å². The lowest BCUT2D eigenvalue weighted by Gasteiger charge is -2.19. The van der Waals surface area contributed by atoms with E-state index in [1.54, 1.807) is 13.8 Å². The molecule has 0 heterocycles. The number of hydrogen-bond donors (Lipinski definition) is 1. The number of carbonyl (C=O) groups excluding carboxylic acids is 2. The first-order valence-corrected chi connectivity index (χ1v) is 7.85. The van der Waals surface area contributed by atoms with E-state index in [9.17, 15) is 14.0 Å². The zero-order valence-corrected chi connectivity index (χ0v) is 14.8. The molecule has 1 N–H and O–H groups in total. The second kappa shape index (κ2) is 9.32. The molecule has 0 saturated heterocycles. The molecule has 134 valence electrons. The van der Waals surface area contributed by atoms with E-state index in [4.69, 9.17) is 21.1 Å². The van der Waals surface area contributed by atoms with E-state index in [2.05, 4.69) is 10.1 Å². The van der Waals surface area contributed by atoms with Gasteiger partial charge >= 0.3 is 12.1 Å². The van der Waals surface area contributed by atoms with Crippen LogP contribution < -0.4 is 10.1 Å². The molecule has 0 aliphatic carbocycles. The molecule has 8 heteroatoms. The summed E-state index contributed by atoms with van der Waals surface area (Å²) in [7, 11) is 1.19. The van der Waals surface area contributed by atoms with E-state index in [1.165, 1.54) is 13.2 Å². The van der Waals surface area contributed by atoms with E-state index in [-0.39, 0.29) is 22.4 Å². The second-order valence-electron chi connectivity index (χ2n) is 5.33. The molecule has 0 saturated carbocycles. The predicted molar refractivity (Wildman–Crippen MR) is 87.9 cm³/mol. The van der Waals surface area contributed by atoms with Gasteiger partial charge in [0.2, 0.25) is 6.10 Å². The number of halogens is 2. The monoisotopic (exact) mass is 361 g/mol. The van der Waals surface area contributed by atoms with Crippen molar-refractivity contribution in [2.45, 2.75) is 33.3 Å². The maximum Gasteiger partial charge on any atom is 0.412 e. The highest BCUT2D eigenvalue weighted by Gasteiger charge is 2.27. The van der Waals surface area contributed by atoms with Crippen LogP contribution in [0.4, 0.5) is 14.9 Å². The Balaban J connectivity index is 2.87. The van der Waals surface area contributed by atoms with Gasteiger partial charge in [-0.05, 0) is 12.5 Å². The van der Waals surface area contributed by atoms with Gasteiger partial charge in [-0.3, -0.25) is 5.32 Å². The van der Waals surface area contributed by atoms with Gasteiger partial charge in [-0.15, -0.1) is 0 Å². The van der Waals surface area contributed by atoms with Crippen LogP contribution in [0.5, 0.6) is 5.75 Å². The summed E-state index contributed by atoms with van der Waals surface area (Å²) in [6, 6.07) is 2.29. The predicted octanol–water partition coefficient (Wildman–Crippen LogP) is 4.01. The topological polar surface area (TPSA) is 73.9 Å². The third kappa shape index (κ3) is 5.56. The number of benzene rings is 1. The van der Waals surface area contributed by atoms with Crippen LogP contribution in [0.1, 0.15) is 27.2 Å². The number of methoxy groups -OCH3 is 1. The molecular weight excluding hydrogens is 341 g/mol. The van der Waals surface area contributed by atoms with Crippen LogP contribution in [-0.2, 0) is 14.3 Å². The summed E-state index contributed by atoms with van der Waals surface area (Å²) in [6.45, 7) is 5.68. The summed E-state index contributed by atoms with van der Waals surface area (Å²) in [4.78, 5) is 23.5. The summed E-state index contributed by atoms with van der Waals surface area (Å²) in [5, 5.41) is 2.33. The fraction of sp³-hybridized carbons (Fsp3) is 0.500. The van der Waals surface area contributed by atoms with Crippen LogP contribution >= 0.6 is 11.6 Å². The molecule has 0 aliphatic heterocycles. The maximum atomic E-state index is 13.9. The van der Waals surface area contributed by atoms with Crippen molar-refractivity contribution < 1.29 is 28.2 Å². The van der Waals surface area contributed by atoms with Crippen LogP contribution in [-0.4, -0.2) is 31.9 Å². The first-order valence-electron chi connectivity index (χ1n) is 7.47. The Morgan fingerprint density at radius 1 is 1.33 bits per heavy atom. The number of amides is 1. The zero-order chi connectivity index (χ0) is 18.3. The number of hydrogen-bond acceptors (Lipinski definition) is 5. The first-order chi connectivity index (χ1) is 11.3. The maximum absolute atomic E-state index is 13.9. The Hall–Kier alpha value is -2.02. The van der Waals surface area contributed by atoms with Crippen LogP contribution in [0.15, 0.2) is 12.1 Å². The molecule has 6 nitrogen and oxygen atoms in total. The third-order valence-electron chi connectivity index (χ3n) is 2.99. The summed E-state index contributed by atoms with van der Waals surface area (Å²) < 4.78 is 28.9. The molecule has 0 bridgehead atoms. The number of anilines is 1. The SMILES string of the molecule is CCCOc1cc(NC(=O)OC(C(=O)OC)C(C)C)c(F)cc1Cl. The molecule has 0 radical (unpaired) electrons. The number of ether oxygens (including phenoxy) is 3. The van der Waals surface area contributed by atoms with Crippen molar-refractivity contribution in [3.05, 3.63) is 23.0 Å². The minimum absolute atomic E-state index is 0.0921. The van der Waals surface area contributed by atoms with Crippen molar-refractivity contribution in [2.75, 3.05) is 19.0 Å². The van der Waals surface area contributed by atoms with E-state index >= 15 is 0 Å². The van der Waals surface area contributed by atoms with Gasteiger partial charge in [0.05, 0.1) is 24.4 Å². The Morgan fingerprint density at radius 2 is 2.00 bits per heavy atom. The van der Waals surface area contributed by atoms with Crippen LogP contribution in [0.3, 0.4) is 0 Å². The Labute approximate surface area is 145 Å². The molecular formula is C16H21ClFNO5. The van der Waals surface area contributed by atoms with E-state index in [1.807, 2.05) is 6.92 Å². The van der Waals surface area contributed by atoms with Crippen molar-refractivity contribution in [1.29, 1.82) is 0 Å². The number of esters is 1. The van der Waals surface area contributed by atoms with Crippen molar-refractivity contribution in [1.82, 2.24) is 0 Å². The molecule has 1 amide bonds. The molecule has 0 aliphatic rings. The lowest BCUT2D eigenvalue weighted by atomic mass is 10.1. The van der Waals surface area contributed by atoms with Gasteiger partial charge in [0.15, 0.2) is 0 Å². The minimum Gasteiger partial charge on any atom is -0.492 e. The smallest absolute Gasteiger partial charge is 0.412 e. The Morgan fingerprint density at radius 3 is 2.54 bits per heavy atom. The summed E-state index contributed by atoms with van der Waals surface area (Å²) in [5.41, 5.74) is -0.164. The highest BCUT2D eigenvalue weighted by Crippen LogP contribution is 2.30. The molecule has 1 rings (SSSR count). The van der Waals surface area contributed by atoms with Gasteiger partial charge < -0.3 is 14.2 Å². The molecule has 0 spiro atoms. The molecule has 1 aromatic carbocycles. The normalized spacial score (nSPS) is 11.8. The molecule has 24 heavy (non-hydrogen) atoms. The van der Waals surface area contributed by atoms with Crippen molar-refractivity contribution >= 4 is 29.4 Å². The average molecular weight is 362 g/mol. The molecule has 1 unspecified atom stereocenters. The first kappa shape index (κ1) is 20.0. The minimum atomic E-state index is -1.10. The molecule has 1 atom stereocenters. The Bertz CT molecular complexity index is 594. The number of carbonyl (C=O) groups is 2. The van der Waals surface area contributed by atoms with Crippen LogP contribution in [0.2, 0.25) is 5.02 Å². The van der Waals surface area contributed by atoms with Crippen molar-refractivity contribution in [2.24, 2.45) is 5.92 Å². The standard InChI is InChI=1S/C16H21ClFNO5/c1-5-6-23-13-8-12(11(18)7-10(13)17)19-16(21)24-14(9(2)3)15(20)22-4/h7-9,14H,5-6H2,1-4H3,(H,19,21).